The first-order chi connectivity index (χ1) is 9.27. The lowest BCUT2D eigenvalue weighted by molar-refractivity contribution is 0.480. The van der Waals surface area contributed by atoms with Crippen LogP contribution in [0.3, 0.4) is 0 Å². The van der Waals surface area contributed by atoms with Crippen LogP contribution >= 0.6 is 22.9 Å². The SMILES string of the molecule is CCCCCCCCCCC(NN)c1ccc(Cl)s1. The van der Waals surface area contributed by atoms with Gasteiger partial charge in [-0.05, 0) is 18.6 Å². The van der Waals surface area contributed by atoms with E-state index in [-0.39, 0.29) is 6.04 Å². The number of hydrogen-bond donors (Lipinski definition) is 2. The largest absolute Gasteiger partial charge is 0.271 e. The Morgan fingerprint density at radius 1 is 1.11 bits per heavy atom. The first kappa shape index (κ1) is 17.0. The molecule has 2 nitrogen and oxygen atoms in total. The first-order valence-corrected chi connectivity index (χ1v) is 8.68. The number of thiophene rings is 1. The Morgan fingerprint density at radius 2 is 1.74 bits per heavy atom. The Balaban J connectivity index is 2.07. The lowest BCUT2D eigenvalue weighted by atomic mass is 10.0. The number of nitrogens with one attached hydrogen (secondary N) is 1. The molecule has 0 aromatic carbocycles. The fourth-order valence-electron chi connectivity index (χ4n) is 2.31. The molecular formula is C15H27ClN2S. The lowest BCUT2D eigenvalue weighted by Gasteiger charge is -2.13. The maximum absolute atomic E-state index is 5.96. The molecule has 4 heteroatoms. The molecular weight excluding hydrogens is 276 g/mol. The van der Waals surface area contributed by atoms with E-state index in [1.807, 2.05) is 6.07 Å². The third-order valence-corrected chi connectivity index (χ3v) is 4.83. The highest BCUT2D eigenvalue weighted by Gasteiger charge is 2.11. The minimum atomic E-state index is 0.262. The molecule has 1 heterocycles. The minimum absolute atomic E-state index is 0.262. The van der Waals surface area contributed by atoms with Crippen LogP contribution in [0.2, 0.25) is 4.34 Å². The van der Waals surface area contributed by atoms with Gasteiger partial charge >= 0.3 is 0 Å². The van der Waals surface area contributed by atoms with Crippen molar-refractivity contribution in [2.75, 3.05) is 0 Å². The number of hydrogen-bond acceptors (Lipinski definition) is 3. The summed E-state index contributed by atoms with van der Waals surface area (Å²) < 4.78 is 0.839. The van der Waals surface area contributed by atoms with E-state index in [9.17, 15) is 0 Å². The standard InChI is InChI=1S/C15H27ClN2S/c1-2-3-4-5-6-7-8-9-10-13(18-17)14-11-12-15(16)19-14/h11-13,18H,2-10,17H2,1H3. The average Bonchev–Trinajstić information content (AvgIpc) is 2.83. The second-order valence-electron chi connectivity index (χ2n) is 5.12. The molecule has 1 aromatic heterocycles. The fourth-order valence-corrected chi connectivity index (χ4v) is 3.46. The number of hydrazine groups is 1. The summed E-state index contributed by atoms with van der Waals surface area (Å²) in [4.78, 5) is 1.25. The molecule has 0 fully saturated rings. The van der Waals surface area contributed by atoms with Gasteiger partial charge in [0, 0.05) is 4.88 Å². The Hall–Kier alpha value is -0.0900. The molecule has 3 N–H and O–H groups in total. The van der Waals surface area contributed by atoms with Gasteiger partial charge < -0.3 is 0 Å². The summed E-state index contributed by atoms with van der Waals surface area (Å²) in [6.07, 6.45) is 11.9. The molecule has 0 saturated heterocycles. The average molecular weight is 303 g/mol. The summed E-state index contributed by atoms with van der Waals surface area (Å²) in [5.41, 5.74) is 2.90. The third-order valence-electron chi connectivity index (χ3n) is 3.48. The van der Waals surface area contributed by atoms with Crippen molar-refractivity contribution in [3.63, 3.8) is 0 Å². The van der Waals surface area contributed by atoms with Crippen molar-refractivity contribution >= 4 is 22.9 Å². The third kappa shape index (κ3) is 7.31. The molecule has 0 saturated carbocycles. The normalized spacial score (nSPS) is 12.8. The van der Waals surface area contributed by atoms with Crippen LogP contribution in [0, 0.1) is 0 Å². The van der Waals surface area contributed by atoms with E-state index in [0.29, 0.717) is 0 Å². The Morgan fingerprint density at radius 3 is 2.26 bits per heavy atom. The van der Waals surface area contributed by atoms with Crippen LogP contribution in [0.25, 0.3) is 0 Å². The van der Waals surface area contributed by atoms with Crippen LogP contribution in [-0.4, -0.2) is 0 Å². The zero-order valence-corrected chi connectivity index (χ0v) is 13.5. The Bertz CT molecular complexity index is 328. The molecule has 1 unspecified atom stereocenters. The molecule has 1 rings (SSSR count). The zero-order chi connectivity index (χ0) is 13.9. The molecule has 0 aliphatic heterocycles. The van der Waals surface area contributed by atoms with E-state index >= 15 is 0 Å². The molecule has 1 aromatic rings. The summed E-state index contributed by atoms with van der Waals surface area (Å²) in [6.45, 7) is 2.26. The highest BCUT2D eigenvalue weighted by molar-refractivity contribution is 7.16. The van der Waals surface area contributed by atoms with Gasteiger partial charge in [-0.3, -0.25) is 11.3 Å². The van der Waals surface area contributed by atoms with E-state index in [2.05, 4.69) is 18.4 Å². The quantitative estimate of drug-likeness (QED) is 0.324. The minimum Gasteiger partial charge on any atom is -0.271 e. The van der Waals surface area contributed by atoms with Crippen molar-refractivity contribution in [2.45, 2.75) is 70.8 Å². The zero-order valence-electron chi connectivity index (χ0n) is 12.0. The number of unbranched alkanes of at least 4 members (excludes halogenated alkanes) is 7. The summed E-state index contributed by atoms with van der Waals surface area (Å²) >= 11 is 7.58. The lowest BCUT2D eigenvalue weighted by Crippen LogP contribution is -2.27. The summed E-state index contributed by atoms with van der Waals surface area (Å²) in [7, 11) is 0. The number of rotatable bonds is 11. The summed E-state index contributed by atoms with van der Waals surface area (Å²) in [5.74, 6) is 5.62. The summed E-state index contributed by atoms with van der Waals surface area (Å²) in [5, 5.41) is 0. The number of halogens is 1. The van der Waals surface area contributed by atoms with E-state index in [0.717, 1.165) is 10.8 Å². The van der Waals surface area contributed by atoms with Crippen LogP contribution in [0.5, 0.6) is 0 Å². The molecule has 0 radical (unpaired) electrons. The van der Waals surface area contributed by atoms with Gasteiger partial charge in [0.05, 0.1) is 10.4 Å². The van der Waals surface area contributed by atoms with Gasteiger partial charge in [0.25, 0.3) is 0 Å². The van der Waals surface area contributed by atoms with E-state index in [4.69, 9.17) is 17.4 Å². The van der Waals surface area contributed by atoms with Crippen molar-refractivity contribution in [3.05, 3.63) is 21.3 Å². The molecule has 0 aliphatic carbocycles. The molecule has 19 heavy (non-hydrogen) atoms. The smallest absolute Gasteiger partial charge is 0.0931 e. The van der Waals surface area contributed by atoms with Crippen LogP contribution in [0.1, 0.15) is 75.6 Å². The monoisotopic (exact) mass is 302 g/mol. The molecule has 0 bridgehead atoms. The highest BCUT2D eigenvalue weighted by atomic mass is 35.5. The first-order valence-electron chi connectivity index (χ1n) is 7.49. The topological polar surface area (TPSA) is 38.0 Å². The van der Waals surface area contributed by atoms with Gasteiger partial charge in [0.2, 0.25) is 0 Å². The van der Waals surface area contributed by atoms with E-state index < -0.39 is 0 Å². The maximum atomic E-state index is 5.96. The van der Waals surface area contributed by atoms with Crippen molar-refractivity contribution in [3.8, 4) is 0 Å². The van der Waals surface area contributed by atoms with Crippen molar-refractivity contribution in [2.24, 2.45) is 5.84 Å². The molecule has 0 spiro atoms. The molecule has 0 aliphatic rings. The van der Waals surface area contributed by atoms with Gasteiger partial charge in [0.1, 0.15) is 0 Å². The van der Waals surface area contributed by atoms with Crippen LogP contribution in [0.4, 0.5) is 0 Å². The van der Waals surface area contributed by atoms with Crippen LogP contribution < -0.4 is 11.3 Å². The van der Waals surface area contributed by atoms with Gasteiger partial charge in [-0.1, -0.05) is 69.9 Å². The van der Waals surface area contributed by atoms with Crippen LogP contribution in [0.15, 0.2) is 12.1 Å². The fraction of sp³-hybridized carbons (Fsp3) is 0.733. The predicted molar refractivity (Wildman–Crippen MR) is 86.6 cm³/mol. The second kappa shape index (κ2) is 10.7. The molecule has 110 valence electrons. The van der Waals surface area contributed by atoms with Crippen LogP contribution in [-0.2, 0) is 0 Å². The Kier molecular flexibility index (Phi) is 9.52. The van der Waals surface area contributed by atoms with Gasteiger partial charge in [-0.15, -0.1) is 11.3 Å². The van der Waals surface area contributed by atoms with Gasteiger partial charge in [0.15, 0.2) is 0 Å². The number of nitrogens with two attached hydrogens (primary N) is 1. The maximum Gasteiger partial charge on any atom is 0.0931 e. The van der Waals surface area contributed by atoms with E-state index in [1.54, 1.807) is 11.3 Å². The van der Waals surface area contributed by atoms with Gasteiger partial charge in [-0.25, -0.2) is 0 Å². The predicted octanol–water partition coefficient (Wildman–Crippen LogP) is 5.44. The van der Waals surface area contributed by atoms with Gasteiger partial charge in [-0.2, -0.15) is 0 Å². The van der Waals surface area contributed by atoms with Crippen molar-refractivity contribution in [1.82, 2.24) is 5.43 Å². The van der Waals surface area contributed by atoms with Crippen molar-refractivity contribution < 1.29 is 0 Å². The Labute approximate surface area is 126 Å². The highest BCUT2D eigenvalue weighted by Crippen LogP contribution is 2.29. The van der Waals surface area contributed by atoms with E-state index in [1.165, 1.54) is 56.2 Å². The van der Waals surface area contributed by atoms with Crippen molar-refractivity contribution in [1.29, 1.82) is 0 Å². The second-order valence-corrected chi connectivity index (χ2v) is 6.87. The molecule has 1 atom stereocenters. The summed E-state index contributed by atoms with van der Waals surface area (Å²) in [6, 6.07) is 4.28. The molecule has 0 amide bonds.